The molecule has 0 radical (unpaired) electrons. The van der Waals surface area contributed by atoms with Crippen LogP contribution in [-0.4, -0.2) is 47.4 Å². The molecular formula is C17H21NO5. The van der Waals surface area contributed by atoms with Crippen molar-refractivity contribution < 1.29 is 24.2 Å². The Morgan fingerprint density at radius 3 is 2.65 bits per heavy atom. The summed E-state index contributed by atoms with van der Waals surface area (Å²) in [7, 11) is 0. The van der Waals surface area contributed by atoms with Crippen molar-refractivity contribution in [1.82, 2.24) is 4.90 Å². The maximum absolute atomic E-state index is 12.3. The molecule has 0 aliphatic carbocycles. The number of carbonyl (C=O) groups excluding carboxylic acids is 1. The number of nitrogens with zero attached hydrogens (tertiary/aromatic N) is 1. The summed E-state index contributed by atoms with van der Waals surface area (Å²) in [5.41, 5.74) is -0.978. The summed E-state index contributed by atoms with van der Waals surface area (Å²) in [6, 6.07) is 9.40. The fraction of sp³-hybridized carbons (Fsp3) is 0.529. The summed E-state index contributed by atoms with van der Waals surface area (Å²) in [5, 5.41) is 9.76. The van der Waals surface area contributed by atoms with E-state index < -0.39 is 23.1 Å². The van der Waals surface area contributed by atoms with Gasteiger partial charge >= 0.3 is 12.1 Å². The van der Waals surface area contributed by atoms with E-state index in [4.69, 9.17) is 9.47 Å². The molecule has 0 aromatic heterocycles. The van der Waals surface area contributed by atoms with E-state index in [0.717, 1.165) is 5.56 Å². The fourth-order valence-corrected chi connectivity index (χ4v) is 3.68. The molecule has 6 heteroatoms. The van der Waals surface area contributed by atoms with E-state index >= 15 is 0 Å². The number of carboxylic acids is 1. The van der Waals surface area contributed by atoms with Crippen LogP contribution in [0.3, 0.4) is 0 Å². The Morgan fingerprint density at radius 1 is 1.35 bits per heavy atom. The first kappa shape index (κ1) is 15.8. The summed E-state index contributed by atoms with van der Waals surface area (Å²) < 4.78 is 11.0. The predicted octanol–water partition coefficient (Wildman–Crippen LogP) is 2.13. The summed E-state index contributed by atoms with van der Waals surface area (Å²) in [6.07, 6.45) is -0.473. The largest absolute Gasteiger partial charge is 0.481 e. The maximum atomic E-state index is 12.3. The summed E-state index contributed by atoms with van der Waals surface area (Å²) in [6.45, 7) is 4.55. The van der Waals surface area contributed by atoms with Crippen molar-refractivity contribution in [3.63, 3.8) is 0 Å². The van der Waals surface area contributed by atoms with Crippen LogP contribution in [0.2, 0.25) is 0 Å². The van der Waals surface area contributed by atoms with Gasteiger partial charge in [0.05, 0.1) is 12.2 Å². The minimum Gasteiger partial charge on any atom is -0.481 e. The number of aliphatic carboxylic acids is 1. The van der Waals surface area contributed by atoms with Gasteiger partial charge in [0, 0.05) is 19.0 Å². The van der Waals surface area contributed by atoms with Crippen molar-refractivity contribution in [2.45, 2.75) is 26.1 Å². The Balaban J connectivity index is 1.69. The molecular weight excluding hydrogens is 298 g/mol. The number of ether oxygens (including phenoxy) is 2. The highest BCUT2D eigenvalue weighted by molar-refractivity contribution is 5.80. The van der Waals surface area contributed by atoms with Gasteiger partial charge in [0.2, 0.25) is 0 Å². The van der Waals surface area contributed by atoms with Gasteiger partial charge in [-0.25, -0.2) is 4.79 Å². The lowest BCUT2D eigenvalue weighted by Gasteiger charge is -2.35. The average Bonchev–Trinajstić information content (AvgIpc) is 3.03. The molecule has 1 amide bonds. The Labute approximate surface area is 135 Å². The molecule has 124 valence electrons. The van der Waals surface area contributed by atoms with Gasteiger partial charge in [0.1, 0.15) is 12.0 Å². The average molecular weight is 319 g/mol. The molecule has 2 aliphatic heterocycles. The van der Waals surface area contributed by atoms with E-state index in [1.165, 1.54) is 4.90 Å². The number of carboxylic acid groups (broad SMARTS) is 1. The van der Waals surface area contributed by atoms with Gasteiger partial charge in [-0.2, -0.15) is 0 Å². The molecule has 1 aromatic rings. The summed E-state index contributed by atoms with van der Waals surface area (Å²) in [4.78, 5) is 25.7. The third-order valence-corrected chi connectivity index (χ3v) is 5.14. The molecule has 1 N–H and O–H groups in total. The predicted molar refractivity (Wildman–Crippen MR) is 81.8 cm³/mol. The van der Waals surface area contributed by atoms with Crippen LogP contribution in [0.1, 0.15) is 19.4 Å². The Hall–Kier alpha value is -2.08. The van der Waals surface area contributed by atoms with Crippen LogP contribution in [0.4, 0.5) is 4.79 Å². The first-order valence-electron chi connectivity index (χ1n) is 7.70. The van der Waals surface area contributed by atoms with Crippen LogP contribution < -0.4 is 0 Å². The molecule has 0 bridgehead atoms. The highest BCUT2D eigenvalue weighted by atomic mass is 16.6. The number of likely N-dealkylation sites (tertiary alicyclic amines) is 1. The van der Waals surface area contributed by atoms with Gasteiger partial charge in [-0.1, -0.05) is 30.3 Å². The smallest absolute Gasteiger partial charge is 0.410 e. The number of hydrogen-bond acceptors (Lipinski definition) is 4. The second-order valence-electron chi connectivity index (χ2n) is 6.72. The van der Waals surface area contributed by atoms with Gasteiger partial charge < -0.3 is 19.5 Å². The lowest BCUT2D eigenvalue weighted by Crippen LogP contribution is -2.51. The minimum absolute atomic E-state index is 0.119. The molecule has 3 rings (SSSR count). The van der Waals surface area contributed by atoms with Gasteiger partial charge in [-0.05, 0) is 19.4 Å². The number of rotatable bonds is 3. The Bertz CT molecular complexity index is 615. The molecule has 6 nitrogen and oxygen atoms in total. The topological polar surface area (TPSA) is 76.1 Å². The highest BCUT2D eigenvalue weighted by Crippen LogP contribution is 2.52. The zero-order valence-corrected chi connectivity index (χ0v) is 13.3. The molecule has 1 aromatic carbocycles. The standard InChI is InChI=1S/C17H21NO5/c1-16(2)17(14(19)20)11-18(8-13(17)10-23-16)15(21)22-9-12-6-4-3-5-7-12/h3-7,13H,8-11H2,1-2H3,(H,19,20)/t13-,17-/m0/s1. The van der Waals surface area contributed by atoms with E-state index in [-0.39, 0.29) is 19.1 Å². The van der Waals surface area contributed by atoms with Gasteiger partial charge in [0.25, 0.3) is 0 Å². The second kappa shape index (κ2) is 5.53. The SMILES string of the molecule is CC1(C)OC[C@@H]2CN(C(=O)OCc3ccccc3)C[C@@]21C(=O)O. The maximum Gasteiger partial charge on any atom is 0.410 e. The number of fused-ring (bicyclic) bond motifs is 1. The van der Waals surface area contributed by atoms with Crippen molar-refractivity contribution in [1.29, 1.82) is 0 Å². The third kappa shape index (κ3) is 2.47. The molecule has 0 saturated carbocycles. The first-order valence-corrected chi connectivity index (χ1v) is 7.70. The quantitative estimate of drug-likeness (QED) is 0.923. The van der Waals surface area contributed by atoms with E-state index in [1.807, 2.05) is 30.3 Å². The molecule has 2 aliphatic rings. The normalized spacial score (nSPS) is 28.4. The fourth-order valence-electron chi connectivity index (χ4n) is 3.68. The molecule has 0 unspecified atom stereocenters. The van der Waals surface area contributed by atoms with Crippen LogP contribution in [0.25, 0.3) is 0 Å². The van der Waals surface area contributed by atoms with Crippen molar-refractivity contribution in [3.05, 3.63) is 35.9 Å². The van der Waals surface area contributed by atoms with Crippen molar-refractivity contribution >= 4 is 12.1 Å². The number of amides is 1. The zero-order valence-electron chi connectivity index (χ0n) is 13.3. The van der Waals surface area contributed by atoms with Crippen LogP contribution >= 0.6 is 0 Å². The van der Waals surface area contributed by atoms with Gasteiger partial charge in [-0.3, -0.25) is 4.79 Å². The van der Waals surface area contributed by atoms with E-state index in [2.05, 4.69) is 0 Å². The van der Waals surface area contributed by atoms with Crippen LogP contribution in [0.15, 0.2) is 30.3 Å². The van der Waals surface area contributed by atoms with Gasteiger partial charge in [-0.15, -0.1) is 0 Å². The van der Waals surface area contributed by atoms with Crippen molar-refractivity contribution in [2.75, 3.05) is 19.7 Å². The molecule has 2 heterocycles. The van der Waals surface area contributed by atoms with Crippen LogP contribution in [-0.2, 0) is 20.9 Å². The molecule has 2 saturated heterocycles. The Morgan fingerprint density at radius 2 is 2.04 bits per heavy atom. The van der Waals surface area contributed by atoms with E-state index in [1.54, 1.807) is 13.8 Å². The van der Waals surface area contributed by atoms with E-state index in [0.29, 0.717) is 13.2 Å². The minimum atomic E-state index is -1.07. The molecule has 0 spiro atoms. The zero-order chi connectivity index (χ0) is 16.7. The first-order chi connectivity index (χ1) is 10.9. The molecule has 2 fully saturated rings. The lowest BCUT2D eigenvalue weighted by molar-refractivity contribution is -0.158. The lowest BCUT2D eigenvalue weighted by atomic mass is 9.69. The molecule has 2 atom stereocenters. The molecule has 23 heavy (non-hydrogen) atoms. The number of benzene rings is 1. The number of carbonyl (C=O) groups is 2. The summed E-state index contributed by atoms with van der Waals surface area (Å²) in [5.74, 6) is -1.12. The van der Waals surface area contributed by atoms with E-state index in [9.17, 15) is 14.7 Å². The van der Waals surface area contributed by atoms with Crippen molar-refractivity contribution in [2.24, 2.45) is 11.3 Å². The highest BCUT2D eigenvalue weighted by Gasteiger charge is 2.66. The van der Waals surface area contributed by atoms with Crippen molar-refractivity contribution in [3.8, 4) is 0 Å². The Kier molecular flexibility index (Phi) is 3.80. The second-order valence-corrected chi connectivity index (χ2v) is 6.72. The van der Waals surface area contributed by atoms with Gasteiger partial charge in [0.15, 0.2) is 0 Å². The van der Waals surface area contributed by atoms with Crippen LogP contribution in [0.5, 0.6) is 0 Å². The number of hydrogen-bond donors (Lipinski definition) is 1. The summed E-state index contributed by atoms with van der Waals surface area (Å²) >= 11 is 0. The van der Waals surface area contributed by atoms with Crippen LogP contribution in [0, 0.1) is 11.3 Å². The monoisotopic (exact) mass is 319 g/mol. The third-order valence-electron chi connectivity index (χ3n) is 5.14.